The number of nitrogens with one attached hydrogen (secondary N) is 2. The molecule has 2 heterocycles. The number of nitrogens with two attached hydrogens (primary N) is 1. The van der Waals surface area contributed by atoms with Crippen LogP contribution >= 0.6 is 11.3 Å². The van der Waals surface area contributed by atoms with Crippen LogP contribution in [-0.2, 0) is 4.74 Å². The van der Waals surface area contributed by atoms with Gasteiger partial charge in [-0.05, 0) is 17.0 Å². The standard InChI is InChI=1S/C18H16N4O6S/c19-10(9-4-2-1-3-5-9)8-28-18(27)20-11-6-7-29-14(11)15-21-12(17(25)26)13(23)16(24)22-15/h1-7,10,23H,8,19H2,(H,20,27)(H,25,26)(H,21,22,24). The van der Waals surface area contributed by atoms with Gasteiger partial charge in [0.1, 0.15) is 6.61 Å². The SMILES string of the molecule is NC(COC(=O)Nc1ccsc1-c1nc(C(=O)O)c(O)c(=O)[nH]1)c1ccccc1. The topological polar surface area (TPSA) is 168 Å². The predicted molar refractivity (Wildman–Crippen MR) is 105 cm³/mol. The van der Waals surface area contributed by atoms with Gasteiger partial charge in [0.2, 0.25) is 5.75 Å². The van der Waals surface area contributed by atoms with Crippen molar-refractivity contribution >= 4 is 29.1 Å². The molecule has 0 spiro atoms. The van der Waals surface area contributed by atoms with E-state index < -0.39 is 35.1 Å². The second-order valence-corrected chi connectivity index (χ2v) is 6.74. The first-order valence-electron chi connectivity index (χ1n) is 8.25. The molecule has 11 heteroatoms. The van der Waals surface area contributed by atoms with Gasteiger partial charge in [-0.2, -0.15) is 0 Å². The van der Waals surface area contributed by atoms with E-state index in [9.17, 15) is 19.5 Å². The zero-order chi connectivity index (χ0) is 21.0. The zero-order valence-corrected chi connectivity index (χ0v) is 15.6. The molecule has 2 aromatic heterocycles. The van der Waals surface area contributed by atoms with Crippen LogP contribution in [0, 0.1) is 0 Å². The number of ether oxygens (including phenoxy) is 1. The molecule has 29 heavy (non-hydrogen) atoms. The second-order valence-electron chi connectivity index (χ2n) is 5.82. The van der Waals surface area contributed by atoms with Crippen LogP contribution in [0.4, 0.5) is 10.5 Å². The Morgan fingerprint density at radius 1 is 1.28 bits per heavy atom. The highest BCUT2D eigenvalue weighted by Gasteiger charge is 2.20. The van der Waals surface area contributed by atoms with Crippen molar-refractivity contribution in [3.8, 4) is 16.5 Å². The number of aromatic nitrogens is 2. The molecule has 0 fully saturated rings. The van der Waals surface area contributed by atoms with Gasteiger partial charge in [-0.1, -0.05) is 30.3 Å². The van der Waals surface area contributed by atoms with Crippen LogP contribution in [0.5, 0.6) is 5.75 Å². The molecule has 1 aromatic carbocycles. The van der Waals surface area contributed by atoms with Crippen molar-refractivity contribution in [2.45, 2.75) is 6.04 Å². The van der Waals surface area contributed by atoms with Crippen molar-refractivity contribution in [1.82, 2.24) is 9.97 Å². The van der Waals surface area contributed by atoms with Crippen LogP contribution in [0.2, 0.25) is 0 Å². The minimum absolute atomic E-state index is 0.0627. The van der Waals surface area contributed by atoms with Gasteiger partial charge in [0.15, 0.2) is 11.5 Å². The van der Waals surface area contributed by atoms with E-state index in [-0.39, 0.29) is 23.0 Å². The Morgan fingerprint density at radius 2 is 2.00 bits per heavy atom. The van der Waals surface area contributed by atoms with Crippen molar-refractivity contribution in [3.05, 3.63) is 63.4 Å². The number of rotatable bonds is 6. The van der Waals surface area contributed by atoms with E-state index in [1.165, 1.54) is 6.07 Å². The van der Waals surface area contributed by atoms with Gasteiger partial charge in [0.25, 0.3) is 5.56 Å². The van der Waals surface area contributed by atoms with Crippen LogP contribution in [0.25, 0.3) is 10.7 Å². The molecule has 150 valence electrons. The summed E-state index contributed by atoms with van der Waals surface area (Å²) >= 11 is 1.10. The summed E-state index contributed by atoms with van der Waals surface area (Å²) in [7, 11) is 0. The van der Waals surface area contributed by atoms with Crippen molar-refractivity contribution in [2.24, 2.45) is 5.73 Å². The van der Waals surface area contributed by atoms with E-state index in [0.717, 1.165) is 16.9 Å². The first-order chi connectivity index (χ1) is 13.9. The van der Waals surface area contributed by atoms with Crippen LogP contribution in [-0.4, -0.2) is 38.9 Å². The first-order valence-corrected chi connectivity index (χ1v) is 9.13. The maximum absolute atomic E-state index is 12.1. The van der Waals surface area contributed by atoms with E-state index in [0.29, 0.717) is 0 Å². The molecule has 0 bridgehead atoms. The lowest BCUT2D eigenvalue weighted by Gasteiger charge is -2.13. The number of amides is 1. The highest BCUT2D eigenvalue weighted by Crippen LogP contribution is 2.31. The number of aromatic carboxylic acids is 1. The number of carboxylic acids is 1. The minimum atomic E-state index is -1.56. The number of aromatic amines is 1. The molecule has 0 aliphatic heterocycles. The summed E-state index contributed by atoms with van der Waals surface area (Å²) in [5.41, 5.74) is 5.24. The molecule has 0 aliphatic rings. The van der Waals surface area contributed by atoms with E-state index in [1.54, 1.807) is 5.38 Å². The summed E-state index contributed by atoms with van der Waals surface area (Å²) < 4.78 is 5.13. The molecule has 10 nitrogen and oxygen atoms in total. The predicted octanol–water partition coefficient (Wildman–Crippen LogP) is 2.15. The van der Waals surface area contributed by atoms with Crippen molar-refractivity contribution in [1.29, 1.82) is 0 Å². The van der Waals surface area contributed by atoms with Gasteiger partial charge >= 0.3 is 12.1 Å². The average molecular weight is 416 g/mol. The summed E-state index contributed by atoms with van der Waals surface area (Å²) in [4.78, 5) is 41.4. The first kappa shape index (κ1) is 20.0. The molecule has 1 unspecified atom stereocenters. The van der Waals surface area contributed by atoms with Crippen LogP contribution in [0.3, 0.4) is 0 Å². The third-order valence-electron chi connectivity index (χ3n) is 3.84. The average Bonchev–Trinajstić information content (AvgIpc) is 3.16. The number of carbonyl (C=O) groups is 2. The Kier molecular flexibility index (Phi) is 5.90. The number of nitrogens with zero attached hydrogens (tertiary/aromatic N) is 1. The molecule has 0 radical (unpaired) electrons. The Morgan fingerprint density at radius 3 is 2.69 bits per heavy atom. The number of benzene rings is 1. The van der Waals surface area contributed by atoms with Crippen LogP contribution < -0.4 is 16.6 Å². The molecule has 0 aliphatic carbocycles. The molecule has 3 rings (SSSR count). The maximum atomic E-state index is 12.1. The summed E-state index contributed by atoms with van der Waals surface area (Å²) in [6.45, 7) is -0.0627. The van der Waals surface area contributed by atoms with Crippen LogP contribution in [0.15, 0.2) is 46.6 Å². The summed E-state index contributed by atoms with van der Waals surface area (Å²) in [6.07, 6.45) is -0.782. The largest absolute Gasteiger partial charge is 0.501 e. The Balaban J connectivity index is 1.73. The fourth-order valence-electron chi connectivity index (χ4n) is 2.42. The third-order valence-corrected chi connectivity index (χ3v) is 4.76. The lowest BCUT2D eigenvalue weighted by molar-refractivity contribution is 0.0686. The number of hydrogen-bond acceptors (Lipinski definition) is 8. The minimum Gasteiger partial charge on any atom is -0.501 e. The number of hydrogen-bond donors (Lipinski definition) is 5. The van der Waals surface area contributed by atoms with E-state index in [4.69, 9.17) is 15.6 Å². The Hall–Kier alpha value is -3.70. The lowest BCUT2D eigenvalue weighted by Crippen LogP contribution is -2.22. The normalized spacial score (nSPS) is 11.6. The molecular formula is C18H16N4O6S. The lowest BCUT2D eigenvalue weighted by atomic mass is 10.1. The van der Waals surface area contributed by atoms with Gasteiger partial charge in [-0.25, -0.2) is 14.6 Å². The molecule has 6 N–H and O–H groups in total. The molecule has 0 saturated carbocycles. The van der Waals surface area contributed by atoms with Gasteiger partial charge in [-0.3, -0.25) is 10.1 Å². The highest BCUT2D eigenvalue weighted by molar-refractivity contribution is 7.14. The number of carbonyl (C=O) groups excluding carboxylic acids is 1. The van der Waals surface area contributed by atoms with Gasteiger partial charge in [-0.15, -0.1) is 11.3 Å². The van der Waals surface area contributed by atoms with Crippen molar-refractivity contribution in [3.63, 3.8) is 0 Å². The number of thiophene rings is 1. The van der Waals surface area contributed by atoms with Crippen molar-refractivity contribution in [2.75, 3.05) is 11.9 Å². The molecule has 3 aromatic rings. The Bertz CT molecular complexity index is 1100. The van der Waals surface area contributed by atoms with Gasteiger partial charge < -0.3 is 25.7 Å². The zero-order valence-electron chi connectivity index (χ0n) is 14.8. The summed E-state index contributed by atoms with van der Waals surface area (Å²) in [5.74, 6) is -2.67. The third kappa shape index (κ3) is 4.59. The highest BCUT2D eigenvalue weighted by atomic mass is 32.1. The number of H-pyrrole nitrogens is 1. The number of anilines is 1. The summed E-state index contributed by atoms with van der Waals surface area (Å²) in [6, 6.07) is 10.2. The maximum Gasteiger partial charge on any atom is 0.411 e. The van der Waals surface area contributed by atoms with E-state index in [1.807, 2.05) is 30.3 Å². The smallest absolute Gasteiger partial charge is 0.411 e. The number of aromatic hydroxyl groups is 1. The monoisotopic (exact) mass is 416 g/mol. The fraction of sp³-hybridized carbons (Fsp3) is 0.111. The Labute approximate surface area is 167 Å². The molecule has 1 atom stereocenters. The van der Waals surface area contributed by atoms with Gasteiger partial charge in [0.05, 0.1) is 16.6 Å². The van der Waals surface area contributed by atoms with Crippen LogP contribution in [0.1, 0.15) is 22.1 Å². The van der Waals surface area contributed by atoms with Gasteiger partial charge in [0, 0.05) is 0 Å². The molecular weight excluding hydrogens is 400 g/mol. The summed E-state index contributed by atoms with van der Waals surface area (Å²) in [5, 5.41) is 22.7. The molecule has 0 saturated heterocycles. The molecule has 1 amide bonds. The van der Waals surface area contributed by atoms with Crippen molar-refractivity contribution < 1.29 is 24.5 Å². The number of carboxylic acid groups (broad SMARTS) is 1. The van der Waals surface area contributed by atoms with E-state index >= 15 is 0 Å². The fourth-order valence-corrected chi connectivity index (χ4v) is 3.22. The second kappa shape index (κ2) is 8.54. The van der Waals surface area contributed by atoms with E-state index in [2.05, 4.69) is 15.3 Å². The quantitative estimate of drug-likeness (QED) is 0.407.